The van der Waals surface area contributed by atoms with Gasteiger partial charge in [-0.25, -0.2) is 4.68 Å². The molecule has 6 nitrogen and oxygen atoms in total. The normalized spacial score (nSPS) is 13.1. The number of hydrogen-bond acceptors (Lipinski definition) is 5. The van der Waals surface area contributed by atoms with Gasteiger partial charge in [0.2, 0.25) is 6.79 Å². The number of nitrogens with zero attached hydrogens (tertiary/aromatic N) is 3. The number of aliphatic hydroxyl groups excluding tert-OH is 1. The zero-order valence-electron chi connectivity index (χ0n) is 12.2. The first-order valence-electron chi connectivity index (χ1n) is 7.23. The lowest BCUT2D eigenvalue weighted by Crippen LogP contribution is -2.09. The summed E-state index contributed by atoms with van der Waals surface area (Å²) in [6.45, 7) is 4.41. The number of hydrogen-bond donors (Lipinski definition) is 1. The topological polar surface area (TPSA) is 69.4 Å². The van der Waals surface area contributed by atoms with Crippen molar-refractivity contribution in [3.05, 3.63) is 29.6 Å². The van der Waals surface area contributed by atoms with Crippen LogP contribution in [0.2, 0.25) is 0 Å². The zero-order valence-corrected chi connectivity index (χ0v) is 12.2. The fourth-order valence-corrected chi connectivity index (χ4v) is 2.72. The van der Waals surface area contributed by atoms with Crippen molar-refractivity contribution in [2.75, 3.05) is 6.79 Å². The summed E-state index contributed by atoms with van der Waals surface area (Å²) in [6.07, 6.45) is 1.95. The lowest BCUT2D eigenvalue weighted by molar-refractivity contribution is 0.174. The van der Waals surface area contributed by atoms with Gasteiger partial charge >= 0.3 is 0 Å². The van der Waals surface area contributed by atoms with Gasteiger partial charge in [0.1, 0.15) is 5.69 Å². The third-order valence-electron chi connectivity index (χ3n) is 3.90. The van der Waals surface area contributed by atoms with Crippen LogP contribution >= 0.6 is 0 Å². The molecule has 6 heteroatoms. The van der Waals surface area contributed by atoms with Crippen molar-refractivity contribution in [3.63, 3.8) is 0 Å². The molecule has 1 N–H and O–H groups in total. The molecule has 0 saturated carbocycles. The Hall–Kier alpha value is -2.08. The first kappa shape index (κ1) is 13.9. The van der Waals surface area contributed by atoms with Gasteiger partial charge in [-0.3, -0.25) is 0 Å². The van der Waals surface area contributed by atoms with Crippen LogP contribution in [0.3, 0.4) is 0 Å². The van der Waals surface area contributed by atoms with Gasteiger partial charge in [0.15, 0.2) is 11.5 Å². The maximum Gasteiger partial charge on any atom is 0.231 e. The van der Waals surface area contributed by atoms with Gasteiger partial charge in [0.25, 0.3) is 0 Å². The summed E-state index contributed by atoms with van der Waals surface area (Å²) in [6, 6.07) is 5.69. The lowest BCUT2D eigenvalue weighted by Gasteiger charge is -2.15. The van der Waals surface area contributed by atoms with Crippen molar-refractivity contribution < 1.29 is 14.6 Å². The second-order valence-corrected chi connectivity index (χ2v) is 5.04. The maximum absolute atomic E-state index is 9.51. The molecule has 2 aromatic rings. The Labute approximate surface area is 123 Å². The van der Waals surface area contributed by atoms with E-state index in [1.165, 1.54) is 0 Å². The largest absolute Gasteiger partial charge is 0.454 e. The monoisotopic (exact) mass is 289 g/mol. The average Bonchev–Trinajstić information content (AvgIpc) is 3.14. The van der Waals surface area contributed by atoms with Crippen molar-refractivity contribution in [1.29, 1.82) is 0 Å². The number of benzene rings is 1. The van der Waals surface area contributed by atoms with Gasteiger partial charge < -0.3 is 14.6 Å². The predicted octanol–water partition coefficient (Wildman–Crippen LogP) is 2.39. The van der Waals surface area contributed by atoms with Crippen LogP contribution in [-0.2, 0) is 6.61 Å². The lowest BCUT2D eigenvalue weighted by atomic mass is 9.97. The van der Waals surface area contributed by atoms with Crippen LogP contribution in [0.5, 0.6) is 11.5 Å². The molecule has 3 rings (SSSR count). The predicted molar refractivity (Wildman–Crippen MR) is 76.7 cm³/mol. The van der Waals surface area contributed by atoms with Crippen molar-refractivity contribution >= 4 is 0 Å². The molecule has 1 aromatic carbocycles. The zero-order chi connectivity index (χ0) is 14.8. The Morgan fingerprint density at radius 3 is 2.71 bits per heavy atom. The summed E-state index contributed by atoms with van der Waals surface area (Å²) >= 11 is 0. The highest BCUT2D eigenvalue weighted by atomic mass is 16.7. The molecular weight excluding hydrogens is 270 g/mol. The fourth-order valence-electron chi connectivity index (χ4n) is 2.72. The van der Waals surface area contributed by atoms with E-state index >= 15 is 0 Å². The minimum absolute atomic E-state index is 0.101. The third-order valence-corrected chi connectivity index (χ3v) is 3.90. The van der Waals surface area contributed by atoms with E-state index in [1.807, 2.05) is 18.2 Å². The Morgan fingerprint density at radius 2 is 2.00 bits per heavy atom. The Morgan fingerprint density at radius 1 is 1.24 bits per heavy atom. The van der Waals surface area contributed by atoms with E-state index in [2.05, 4.69) is 24.2 Å². The van der Waals surface area contributed by atoms with Crippen LogP contribution in [-0.4, -0.2) is 26.9 Å². The second kappa shape index (κ2) is 5.73. The summed E-state index contributed by atoms with van der Waals surface area (Å²) in [5.74, 6) is 1.77. The van der Waals surface area contributed by atoms with Crippen LogP contribution in [0.1, 0.15) is 44.0 Å². The van der Waals surface area contributed by atoms with Crippen LogP contribution in [0.15, 0.2) is 18.2 Å². The molecule has 0 aliphatic carbocycles. The SMILES string of the molecule is CCC(CC)c1c(CO)nnn1-c1ccc2c(c1)OCO2. The summed E-state index contributed by atoms with van der Waals surface area (Å²) in [7, 11) is 0. The van der Waals surface area contributed by atoms with Gasteiger partial charge in [-0.15, -0.1) is 5.10 Å². The highest BCUT2D eigenvalue weighted by Gasteiger charge is 2.22. The minimum atomic E-state index is -0.101. The van der Waals surface area contributed by atoms with Crippen LogP contribution in [0, 0.1) is 0 Å². The van der Waals surface area contributed by atoms with E-state index in [9.17, 15) is 5.11 Å². The van der Waals surface area contributed by atoms with E-state index < -0.39 is 0 Å². The molecule has 0 radical (unpaired) electrons. The molecule has 0 atom stereocenters. The fraction of sp³-hybridized carbons (Fsp3) is 0.467. The molecule has 21 heavy (non-hydrogen) atoms. The van der Waals surface area contributed by atoms with Crippen molar-refractivity contribution in [2.24, 2.45) is 0 Å². The Kier molecular flexibility index (Phi) is 3.79. The molecule has 0 bridgehead atoms. The molecule has 0 spiro atoms. The van der Waals surface area contributed by atoms with Gasteiger partial charge in [-0.2, -0.15) is 0 Å². The molecule has 0 unspecified atom stereocenters. The van der Waals surface area contributed by atoms with E-state index in [-0.39, 0.29) is 13.4 Å². The number of ether oxygens (including phenoxy) is 2. The van der Waals surface area contributed by atoms with Gasteiger partial charge in [-0.05, 0) is 25.0 Å². The van der Waals surface area contributed by atoms with Crippen molar-refractivity contribution in [3.8, 4) is 17.2 Å². The summed E-state index contributed by atoms with van der Waals surface area (Å²) in [5, 5.41) is 17.8. The molecule has 0 fully saturated rings. The molecule has 0 saturated heterocycles. The molecule has 2 heterocycles. The maximum atomic E-state index is 9.51. The smallest absolute Gasteiger partial charge is 0.231 e. The van der Waals surface area contributed by atoms with E-state index in [1.54, 1.807) is 4.68 Å². The van der Waals surface area contributed by atoms with Gasteiger partial charge in [0, 0.05) is 12.0 Å². The van der Waals surface area contributed by atoms with Gasteiger partial charge in [0.05, 0.1) is 18.0 Å². The molecule has 1 aromatic heterocycles. The van der Waals surface area contributed by atoms with Gasteiger partial charge in [-0.1, -0.05) is 19.1 Å². The number of aromatic nitrogens is 3. The van der Waals surface area contributed by atoms with E-state index in [4.69, 9.17) is 9.47 Å². The van der Waals surface area contributed by atoms with Crippen LogP contribution < -0.4 is 9.47 Å². The highest BCUT2D eigenvalue weighted by molar-refractivity contribution is 5.50. The number of aliphatic hydroxyl groups is 1. The van der Waals surface area contributed by atoms with E-state index in [0.29, 0.717) is 17.4 Å². The molecule has 112 valence electrons. The Bertz CT molecular complexity index is 635. The molecular formula is C15H19N3O3. The summed E-state index contributed by atoms with van der Waals surface area (Å²) < 4.78 is 12.5. The van der Waals surface area contributed by atoms with Crippen molar-refractivity contribution in [2.45, 2.75) is 39.2 Å². The number of rotatable bonds is 5. The van der Waals surface area contributed by atoms with Crippen LogP contribution in [0.4, 0.5) is 0 Å². The average molecular weight is 289 g/mol. The third kappa shape index (κ3) is 2.35. The summed E-state index contributed by atoms with van der Waals surface area (Å²) in [5.41, 5.74) is 2.48. The number of fused-ring (bicyclic) bond motifs is 1. The first-order valence-corrected chi connectivity index (χ1v) is 7.23. The second-order valence-electron chi connectivity index (χ2n) is 5.04. The molecule has 0 amide bonds. The minimum Gasteiger partial charge on any atom is -0.454 e. The van der Waals surface area contributed by atoms with Crippen LogP contribution in [0.25, 0.3) is 5.69 Å². The first-order chi connectivity index (χ1) is 10.3. The van der Waals surface area contributed by atoms with E-state index in [0.717, 1.165) is 30.0 Å². The molecule has 1 aliphatic rings. The summed E-state index contributed by atoms with van der Waals surface area (Å²) in [4.78, 5) is 0. The Balaban J connectivity index is 2.08. The highest BCUT2D eigenvalue weighted by Crippen LogP contribution is 2.35. The van der Waals surface area contributed by atoms with Crippen molar-refractivity contribution in [1.82, 2.24) is 15.0 Å². The molecule has 1 aliphatic heterocycles. The quantitative estimate of drug-likeness (QED) is 0.915. The standard InChI is InChI=1S/C15H19N3O3/c1-3-10(4-2)15-12(8-19)16-17-18(15)11-5-6-13-14(7-11)21-9-20-13/h5-7,10,19H,3-4,8-9H2,1-2H3.